The number of aryl methyl sites for hydroxylation is 1. The summed E-state index contributed by atoms with van der Waals surface area (Å²) >= 11 is 12.0. The first-order valence-electron chi connectivity index (χ1n) is 8.50. The van der Waals surface area contributed by atoms with Gasteiger partial charge in [0.15, 0.2) is 5.69 Å². The number of methoxy groups -OCH3 is 1. The first kappa shape index (κ1) is 21.2. The third-order valence-electron chi connectivity index (χ3n) is 4.10. The molecule has 1 heterocycles. The van der Waals surface area contributed by atoms with Crippen LogP contribution in [0.15, 0.2) is 47.4 Å². The van der Waals surface area contributed by atoms with Crippen molar-refractivity contribution in [2.24, 2.45) is 0 Å². The van der Waals surface area contributed by atoms with Crippen LogP contribution in [0.25, 0.3) is 11.4 Å². The number of amides is 1. The standard InChI is InChI=1S/C19H17Cl2N3O4S/c1-3-15-17(23-18(22-15)11-5-4-6-12(20)9-11)19(25)24-29(26,27)16-10-13(28-2)7-8-14(16)21/h4-10H,3H2,1-2H3,(H,22,23)(H,24,25). The van der Waals surface area contributed by atoms with Gasteiger partial charge < -0.3 is 9.72 Å². The molecule has 0 atom stereocenters. The predicted octanol–water partition coefficient (Wildman–Crippen LogP) is 4.07. The zero-order valence-electron chi connectivity index (χ0n) is 15.5. The van der Waals surface area contributed by atoms with Gasteiger partial charge >= 0.3 is 0 Å². The van der Waals surface area contributed by atoms with Crippen LogP contribution in [0.1, 0.15) is 23.1 Å². The van der Waals surface area contributed by atoms with Crippen molar-refractivity contribution in [3.63, 3.8) is 0 Å². The van der Waals surface area contributed by atoms with Gasteiger partial charge in [0, 0.05) is 22.3 Å². The van der Waals surface area contributed by atoms with E-state index in [9.17, 15) is 13.2 Å². The Labute approximate surface area is 178 Å². The Bertz CT molecular complexity index is 1180. The smallest absolute Gasteiger partial charge is 0.285 e. The van der Waals surface area contributed by atoms with Crippen LogP contribution >= 0.6 is 23.2 Å². The predicted molar refractivity (Wildman–Crippen MR) is 111 cm³/mol. The highest BCUT2D eigenvalue weighted by Gasteiger charge is 2.25. The quantitative estimate of drug-likeness (QED) is 0.585. The largest absolute Gasteiger partial charge is 0.497 e. The average molecular weight is 454 g/mol. The van der Waals surface area contributed by atoms with Crippen LogP contribution < -0.4 is 9.46 Å². The number of sulfonamides is 1. The summed E-state index contributed by atoms with van der Waals surface area (Å²) in [6.45, 7) is 1.82. The summed E-state index contributed by atoms with van der Waals surface area (Å²) in [6, 6.07) is 11.1. The minimum Gasteiger partial charge on any atom is -0.497 e. The Morgan fingerprint density at radius 1 is 1.21 bits per heavy atom. The van der Waals surface area contributed by atoms with Gasteiger partial charge in [-0.1, -0.05) is 42.3 Å². The third kappa shape index (κ3) is 4.55. The number of aromatic amines is 1. The molecule has 0 saturated heterocycles. The number of aromatic nitrogens is 2. The molecular weight excluding hydrogens is 437 g/mol. The topological polar surface area (TPSA) is 101 Å². The molecule has 0 spiro atoms. The van der Waals surface area contributed by atoms with Gasteiger partial charge in [-0.3, -0.25) is 4.79 Å². The highest BCUT2D eigenvalue weighted by Crippen LogP contribution is 2.27. The second-order valence-electron chi connectivity index (χ2n) is 6.01. The fraction of sp³-hybridized carbons (Fsp3) is 0.158. The molecule has 29 heavy (non-hydrogen) atoms. The Morgan fingerprint density at radius 3 is 2.62 bits per heavy atom. The van der Waals surface area contributed by atoms with Crippen LogP contribution in [0.3, 0.4) is 0 Å². The van der Waals surface area contributed by atoms with Crippen molar-refractivity contribution in [3.8, 4) is 17.1 Å². The normalized spacial score (nSPS) is 11.3. The van der Waals surface area contributed by atoms with Crippen LogP contribution in [-0.4, -0.2) is 31.4 Å². The van der Waals surface area contributed by atoms with E-state index in [-0.39, 0.29) is 15.6 Å². The number of benzene rings is 2. The SMILES string of the molecule is CCc1[nH]c(-c2cccc(Cl)c2)nc1C(=O)NS(=O)(=O)c1cc(OC)ccc1Cl. The summed E-state index contributed by atoms with van der Waals surface area (Å²) in [5.41, 5.74) is 1.14. The maximum Gasteiger partial charge on any atom is 0.285 e. The number of carbonyl (C=O) groups is 1. The monoisotopic (exact) mass is 453 g/mol. The number of nitrogens with one attached hydrogen (secondary N) is 2. The third-order valence-corrected chi connectivity index (χ3v) is 6.15. The number of carbonyl (C=O) groups excluding carboxylic acids is 1. The van der Waals surface area contributed by atoms with Gasteiger partial charge in [0.25, 0.3) is 15.9 Å². The van der Waals surface area contributed by atoms with E-state index >= 15 is 0 Å². The Kier molecular flexibility index (Phi) is 6.16. The van der Waals surface area contributed by atoms with E-state index in [1.54, 1.807) is 24.3 Å². The molecule has 7 nitrogen and oxygen atoms in total. The molecule has 3 aromatic rings. The van der Waals surface area contributed by atoms with E-state index in [1.807, 2.05) is 11.6 Å². The number of rotatable bonds is 6. The number of nitrogens with zero attached hydrogens (tertiary/aromatic N) is 1. The van der Waals surface area contributed by atoms with Gasteiger partial charge in [0.1, 0.15) is 16.5 Å². The molecule has 10 heteroatoms. The van der Waals surface area contributed by atoms with Gasteiger partial charge in [0.2, 0.25) is 0 Å². The lowest BCUT2D eigenvalue weighted by Gasteiger charge is -2.09. The second kappa shape index (κ2) is 8.44. The summed E-state index contributed by atoms with van der Waals surface area (Å²) in [6.07, 6.45) is 0.441. The molecule has 1 aromatic heterocycles. The van der Waals surface area contributed by atoms with Crippen LogP contribution in [0.2, 0.25) is 10.0 Å². The van der Waals surface area contributed by atoms with Crippen LogP contribution in [-0.2, 0) is 16.4 Å². The lowest BCUT2D eigenvalue weighted by atomic mass is 10.2. The van der Waals surface area contributed by atoms with E-state index in [0.717, 1.165) is 0 Å². The molecule has 0 bridgehead atoms. The van der Waals surface area contributed by atoms with Crippen molar-refractivity contribution < 1.29 is 17.9 Å². The average Bonchev–Trinajstić information content (AvgIpc) is 3.12. The summed E-state index contributed by atoms with van der Waals surface area (Å²) in [5, 5.41) is 0.474. The molecule has 0 aliphatic heterocycles. The minimum atomic E-state index is -4.24. The maximum absolute atomic E-state index is 12.7. The van der Waals surface area contributed by atoms with Gasteiger partial charge in [-0.25, -0.2) is 18.1 Å². The summed E-state index contributed by atoms with van der Waals surface area (Å²) in [7, 11) is -2.85. The van der Waals surface area contributed by atoms with Crippen molar-refractivity contribution in [1.82, 2.24) is 14.7 Å². The fourth-order valence-corrected chi connectivity index (χ4v) is 4.33. The zero-order valence-corrected chi connectivity index (χ0v) is 17.8. The Morgan fingerprint density at radius 2 is 1.97 bits per heavy atom. The van der Waals surface area contributed by atoms with Gasteiger partial charge in [-0.15, -0.1) is 0 Å². The number of hydrogen-bond donors (Lipinski definition) is 2. The number of halogens is 2. The van der Waals surface area contributed by atoms with Gasteiger partial charge in [-0.05, 0) is 30.7 Å². The summed E-state index contributed by atoms with van der Waals surface area (Å²) in [4.78, 5) is 19.8. The van der Waals surface area contributed by atoms with Crippen molar-refractivity contribution in [2.45, 2.75) is 18.2 Å². The maximum atomic E-state index is 12.7. The molecule has 0 aliphatic carbocycles. The van der Waals surface area contributed by atoms with E-state index in [4.69, 9.17) is 27.9 Å². The lowest BCUT2D eigenvalue weighted by molar-refractivity contribution is 0.0976. The first-order chi connectivity index (χ1) is 13.7. The van der Waals surface area contributed by atoms with E-state index in [0.29, 0.717) is 34.3 Å². The molecule has 0 radical (unpaired) electrons. The number of imidazole rings is 1. The number of ether oxygens (including phenoxy) is 1. The molecule has 0 fully saturated rings. The summed E-state index contributed by atoms with van der Waals surface area (Å²) < 4.78 is 32.4. The van der Waals surface area contributed by atoms with Crippen molar-refractivity contribution >= 4 is 39.1 Å². The number of hydrogen-bond acceptors (Lipinski definition) is 5. The van der Waals surface area contributed by atoms with Crippen molar-refractivity contribution in [1.29, 1.82) is 0 Å². The van der Waals surface area contributed by atoms with Crippen LogP contribution in [0.4, 0.5) is 0 Å². The van der Waals surface area contributed by atoms with Crippen molar-refractivity contribution in [3.05, 3.63) is 63.9 Å². The van der Waals surface area contributed by atoms with E-state index in [1.165, 1.54) is 25.3 Å². The highest BCUT2D eigenvalue weighted by atomic mass is 35.5. The zero-order chi connectivity index (χ0) is 21.2. The Balaban J connectivity index is 1.95. The first-order valence-corrected chi connectivity index (χ1v) is 10.7. The Hall–Kier alpha value is -2.55. The van der Waals surface area contributed by atoms with Gasteiger partial charge in [0.05, 0.1) is 12.1 Å². The minimum absolute atomic E-state index is 0.0231. The molecule has 3 rings (SSSR count). The molecule has 1 amide bonds. The highest BCUT2D eigenvalue weighted by molar-refractivity contribution is 7.90. The van der Waals surface area contributed by atoms with E-state index < -0.39 is 15.9 Å². The molecule has 2 N–H and O–H groups in total. The molecule has 2 aromatic carbocycles. The van der Waals surface area contributed by atoms with E-state index in [2.05, 4.69) is 9.97 Å². The molecule has 0 unspecified atom stereocenters. The van der Waals surface area contributed by atoms with Crippen LogP contribution in [0.5, 0.6) is 5.75 Å². The number of H-pyrrole nitrogens is 1. The van der Waals surface area contributed by atoms with Crippen molar-refractivity contribution in [2.75, 3.05) is 7.11 Å². The van der Waals surface area contributed by atoms with Gasteiger partial charge in [-0.2, -0.15) is 0 Å². The molecular formula is C19H17Cl2N3O4S. The molecule has 0 saturated carbocycles. The van der Waals surface area contributed by atoms with Crippen LogP contribution in [0, 0.1) is 0 Å². The summed E-state index contributed by atoms with van der Waals surface area (Å²) in [5.74, 6) is -0.170. The molecule has 0 aliphatic rings. The lowest BCUT2D eigenvalue weighted by Crippen LogP contribution is -2.31. The molecule has 152 valence electrons. The fourth-order valence-electron chi connectivity index (χ4n) is 2.67. The second-order valence-corrected chi connectivity index (χ2v) is 8.50.